The lowest BCUT2D eigenvalue weighted by molar-refractivity contribution is -0.137. The molecule has 0 radical (unpaired) electrons. The summed E-state index contributed by atoms with van der Waals surface area (Å²) in [5.74, 6) is 0.521. The Labute approximate surface area is 183 Å². The monoisotopic (exact) mass is 441 g/mol. The molecule has 9 heteroatoms. The van der Waals surface area contributed by atoms with Crippen molar-refractivity contribution < 1.29 is 18.0 Å². The first-order valence-corrected chi connectivity index (χ1v) is 10.2. The molecule has 4 rings (SSSR count). The minimum absolute atomic E-state index is 0.383. The predicted molar refractivity (Wildman–Crippen MR) is 117 cm³/mol. The molecule has 0 spiro atoms. The Bertz CT molecular complexity index is 1110. The van der Waals surface area contributed by atoms with Crippen LogP contribution >= 0.6 is 0 Å². The molecule has 6 nitrogen and oxygen atoms in total. The van der Waals surface area contributed by atoms with Crippen LogP contribution in [0.1, 0.15) is 34.5 Å². The second-order valence-corrected chi connectivity index (χ2v) is 7.59. The van der Waals surface area contributed by atoms with Crippen molar-refractivity contribution in [1.29, 1.82) is 0 Å². The first-order chi connectivity index (χ1) is 15.3. The van der Waals surface area contributed by atoms with Gasteiger partial charge in [0.25, 0.3) is 5.91 Å². The van der Waals surface area contributed by atoms with E-state index < -0.39 is 23.2 Å². The number of hydrogen-bond donors (Lipinski definition) is 2. The van der Waals surface area contributed by atoms with Crippen LogP contribution in [0.3, 0.4) is 0 Å². The molecule has 1 fully saturated rings. The van der Waals surface area contributed by atoms with E-state index in [-0.39, 0.29) is 0 Å². The van der Waals surface area contributed by atoms with Crippen molar-refractivity contribution in [2.75, 3.05) is 28.6 Å². The molecule has 166 valence electrons. The summed E-state index contributed by atoms with van der Waals surface area (Å²) in [7, 11) is 0. The van der Waals surface area contributed by atoms with Gasteiger partial charge >= 0.3 is 6.18 Å². The molecule has 0 atom stereocenters. The van der Waals surface area contributed by atoms with Gasteiger partial charge in [0.1, 0.15) is 5.82 Å². The summed E-state index contributed by atoms with van der Waals surface area (Å²) < 4.78 is 39.5. The topological polar surface area (TPSA) is 70.2 Å². The van der Waals surface area contributed by atoms with Gasteiger partial charge in [0.15, 0.2) is 0 Å². The van der Waals surface area contributed by atoms with Crippen molar-refractivity contribution >= 4 is 29.0 Å². The van der Waals surface area contributed by atoms with Crippen LogP contribution in [0.2, 0.25) is 0 Å². The van der Waals surface area contributed by atoms with Crippen LogP contribution in [0.25, 0.3) is 0 Å². The summed E-state index contributed by atoms with van der Waals surface area (Å²) in [5, 5.41) is 5.73. The van der Waals surface area contributed by atoms with Crippen molar-refractivity contribution in [3.8, 4) is 0 Å². The van der Waals surface area contributed by atoms with Gasteiger partial charge in [0.05, 0.1) is 11.1 Å². The molecule has 0 aliphatic carbocycles. The fourth-order valence-electron chi connectivity index (χ4n) is 3.59. The van der Waals surface area contributed by atoms with Gasteiger partial charge < -0.3 is 15.5 Å². The summed E-state index contributed by atoms with van der Waals surface area (Å²) >= 11 is 0. The van der Waals surface area contributed by atoms with Gasteiger partial charge in [-0.25, -0.2) is 4.98 Å². The zero-order valence-electron chi connectivity index (χ0n) is 17.4. The molecule has 0 bridgehead atoms. The molecule has 1 aliphatic heterocycles. The quantitative estimate of drug-likeness (QED) is 0.555. The van der Waals surface area contributed by atoms with Gasteiger partial charge in [-0.15, -0.1) is 0 Å². The fourth-order valence-corrected chi connectivity index (χ4v) is 3.59. The van der Waals surface area contributed by atoms with Crippen molar-refractivity contribution in [3.05, 3.63) is 71.4 Å². The number of hydrogen-bond acceptors (Lipinski definition) is 5. The van der Waals surface area contributed by atoms with E-state index in [1.54, 1.807) is 24.3 Å². The molecule has 1 aliphatic rings. The Morgan fingerprint density at radius 3 is 2.31 bits per heavy atom. The minimum atomic E-state index is -4.61. The Morgan fingerprint density at radius 1 is 0.969 bits per heavy atom. The van der Waals surface area contributed by atoms with Gasteiger partial charge in [0, 0.05) is 36.2 Å². The van der Waals surface area contributed by atoms with E-state index >= 15 is 0 Å². The Balaban J connectivity index is 1.46. The largest absolute Gasteiger partial charge is 0.417 e. The summed E-state index contributed by atoms with van der Waals surface area (Å²) in [4.78, 5) is 23.6. The van der Waals surface area contributed by atoms with E-state index in [0.717, 1.165) is 49.4 Å². The standard InChI is InChI=1S/C23H22F3N5O/c1-15-14-20(30-22(27-15)31-12-4-5-13-31)28-16-8-10-17(11-9-16)29-21(32)18-6-2-3-7-19(18)23(24,25)26/h2-3,6-11,14H,4-5,12-13H2,1H3,(H,29,32)(H,27,28,30). The normalized spacial score (nSPS) is 13.8. The number of nitrogens with one attached hydrogen (secondary N) is 2. The lowest BCUT2D eigenvalue weighted by Gasteiger charge is -2.17. The average Bonchev–Trinajstić information content (AvgIpc) is 3.29. The second-order valence-electron chi connectivity index (χ2n) is 7.59. The molecule has 1 saturated heterocycles. The van der Waals surface area contributed by atoms with Crippen LogP contribution in [0.4, 0.5) is 36.3 Å². The molecule has 2 aromatic carbocycles. The number of rotatable bonds is 5. The van der Waals surface area contributed by atoms with E-state index in [4.69, 9.17) is 0 Å². The van der Waals surface area contributed by atoms with Crippen molar-refractivity contribution in [2.45, 2.75) is 25.9 Å². The van der Waals surface area contributed by atoms with Crippen LogP contribution < -0.4 is 15.5 Å². The van der Waals surface area contributed by atoms with E-state index in [2.05, 4.69) is 25.5 Å². The third-order valence-corrected chi connectivity index (χ3v) is 5.12. The molecule has 2 N–H and O–H groups in total. The number of amides is 1. The highest BCUT2D eigenvalue weighted by Gasteiger charge is 2.34. The first kappa shape index (κ1) is 21.6. The van der Waals surface area contributed by atoms with Crippen molar-refractivity contribution in [3.63, 3.8) is 0 Å². The van der Waals surface area contributed by atoms with E-state index in [0.29, 0.717) is 17.5 Å². The van der Waals surface area contributed by atoms with E-state index in [1.807, 2.05) is 13.0 Å². The van der Waals surface area contributed by atoms with Crippen LogP contribution in [0.5, 0.6) is 0 Å². The van der Waals surface area contributed by atoms with Crippen LogP contribution in [0.15, 0.2) is 54.6 Å². The summed E-state index contributed by atoms with van der Waals surface area (Å²) in [6, 6.07) is 13.2. The zero-order chi connectivity index (χ0) is 22.7. The molecular weight excluding hydrogens is 419 g/mol. The molecule has 3 aromatic rings. The number of benzene rings is 2. The van der Waals surface area contributed by atoms with E-state index in [9.17, 15) is 18.0 Å². The maximum absolute atomic E-state index is 13.2. The Kier molecular flexibility index (Phi) is 5.98. The number of aryl methyl sites for hydroxylation is 1. The van der Waals surface area contributed by atoms with Crippen molar-refractivity contribution in [2.24, 2.45) is 0 Å². The first-order valence-electron chi connectivity index (χ1n) is 10.2. The molecule has 32 heavy (non-hydrogen) atoms. The number of aromatic nitrogens is 2. The highest BCUT2D eigenvalue weighted by Crippen LogP contribution is 2.32. The molecule has 1 aromatic heterocycles. The Hall–Kier alpha value is -3.62. The number of anilines is 4. The van der Waals surface area contributed by atoms with Gasteiger partial charge in [0.2, 0.25) is 5.95 Å². The van der Waals surface area contributed by atoms with Crippen LogP contribution in [0, 0.1) is 6.92 Å². The predicted octanol–water partition coefficient (Wildman–Crippen LogP) is 5.40. The zero-order valence-corrected chi connectivity index (χ0v) is 17.4. The highest BCUT2D eigenvalue weighted by atomic mass is 19.4. The van der Waals surface area contributed by atoms with Gasteiger partial charge in [-0.05, 0) is 56.2 Å². The fraction of sp³-hybridized carbons (Fsp3) is 0.261. The Morgan fingerprint density at radius 2 is 1.62 bits per heavy atom. The molecule has 2 heterocycles. The van der Waals surface area contributed by atoms with E-state index in [1.165, 1.54) is 12.1 Å². The lowest BCUT2D eigenvalue weighted by Crippen LogP contribution is -2.21. The van der Waals surface area contributed by atoms with Crippen LogP contribution in [-0.2, 0) is 6.18 Å². The smallest absolute Gasteiger partial charge is 0.341 e. The second kappa shape index (κ2) is 8.86. The number of carbonyl (C=O) groups excluding carboxylic acids is 1. The molecular formula is C23H22F3N5O. The SMILES string of the molecule is Cc1cc(Nc2ccc(NC(=O)c3ccccc3C(F)(F)F)cc2)nc(N2CCCC2)n1. The van der Waals surface area contributed by atoms with Crippen molar-refractivity contribution in [1.82, 2.24) is 9.97 Å². The molecule has 0 saturated carbocycles. The number of halogens is 3. The third kappa shape index (κ3) is 4.99. The number of alkyl halides is 3. The van der Waals surface area contributed by atoms with Gasteiger partial charge in [-0.2, -0.15) is 18.2 Å². The highest BCUT2D eigenvalue weighted by molar-refractivity contribution is 6.05. The van der Waals surface area contributed by atoms with Gasteiger partial charge in [-0.1, -0.05) is 12.1 Å². The summed E-state index contributed by atoms with van der Waals surface area (Å²) in [6.07, 6.45) is -2.35. The summed E-state index contributed by atoms with van der Waals surface area (Å²) in [6.45, 7) is 3.79. The van der Waals surface area contributed by atoms with Gasteiger partial charge in [-0.3, -0.25) is 4.79 Å². The third-order valence-electron chi connectivity index (χ3n) is 5.12. The maximum Gasteiger partial charge on any atom is 0.417 e. The molecule has 1 amide bonds. The number of nitrogens with zero attached hydrogens (tertiary/aromatic N) is 3. The maximum atomic E-state index is 13.2. The average molecular weight is 441 g/mol. The lowest BCUT2D eigenvalue weighted by atomic mass is 10.1. The number of carbonyl (C=O) groups is 1. The summed E-state index contributed by atoms with van der Waals surface area (Å²) in [5.41, 5.74) is 0.562. The minimum Gasteiger partial charge on any atom is -0.341 e. The van der Waals surface area contributed by atoms with Crippen LogP contribution in [-0.4, -0.2) is 29.0 Å². The molecule has 0 unspecified atom stereocenters.